The molecule has 1 aromatic carbocycles. The van der Waals surface area contributed by atoms with Crippen molar-refractivity contribution in [2.75, 3.05) is 38.7 Å². The largest absolute Gasteiger partial charge is 0.479 e. The summed E-state index contributed by atoms with van der Waals surface area (Å²) >= 11 is 5.89. The van der Waals surface area contributed by atoms with E-state index < -0.39 is 163 Å². The fourth-order valence-electron chi connectivity index (χ4n) is 8.34. The molecule has 32 heteroatoms. The number of carboxylic acid groups (broad SMARTS) is 1. The summed E-state index contributed by atoms with van der Waals surface area (Å²) in [6.07, 6.45) is -1.24. The first-order chi connectivity index (χ1) is 40.4. The third kappa shape index (κ3) is 26.9. The Balaban J connectivity index is 2.85. The van der Waals surface area contributed by atoms with Gasteiger partial charge in [-0.05, 0) is 57.2 Å². The minimum Gasteiger partial charge on any atom is -0.479 e. The average molecular weight is 1230 g/mol. The van der Waals surface area contributed by atoms with E-state index in [4.69, 9.17) is 39.3 Å². The zero-order valence-electron chi connectivity index (χ0n) is 47.7. The molecule has 0 aliphatic carbocycles. The number of guanidine groups is 1. The molecule has 0 saturated carbocycles. The van der Waals surface area contributed by atoms with Crippen molar-refractivity contribution in [2.45, 2.75) is 170 Å². The van der Waals surface area contributed by atoms with E-state index in [-0.39, 0.29) is 70.5 Å². The van der Waals surface area contributed by atoms with Crippen molar-refractivity contribution in [2.24, 2.45) is 27.9 Å². The molecule has 1 aliphatic rings. The lowest BCUT2D eigenvalue weighted by atomic mass is 10.0. The van der Waals surface area contributed by atoms with Crippen LogP contribution < -0.4 is 70.8 Å². The van der Waals surface area contributed by atoms with Crippen LogP contribution in [0.2, 0.25) is 0 Å². The minimum atomic E-state index is -2.81. The van der Waals surface area contributed by atoms with Crippen LogP contribution in [0.3, 0.4) is 0 Å². The number of unbranched alkanes of at least 4 members (excludes halogenated alkanes) is 5. The van der Waals surface area contributed by atoms with Crippen molar-refractivity contribution in [3.8, 4) is 0 Å². The Morgan fingerprint density at radius 3 is 1.80 bits per heavy atom. The number of nitrogens with two attached hydrogens (primary N) is 4. The summed E-state index contributed by atoms with van der Waals surface area (Å²) in [6, 6.07) is -6.91. The summed E-state index contributed by atoms with van der Waals surface area (Å²) in [6.45, 7) is 0.672. The number of nitrogens with one attached hydrogen (secondary N) is 9. The molecular weight excluding hydrogens is 1140 g/mol. The summed E-state index contributed by atoms with van der Waals surface area (Å²) in [7, 11) is 0. The van der Waals surface area contributed by atoms with Gasteiger partial charge in [0.15, 0.2) is 18.1 Å². The van der Waals surface area contributed by atoms with E-state index in [1.54, 1.807) is 30.3 Å². The highest BCUT2D eigenvalue weighted by molar-refractivity contribution is 6.18. The number of aliphatic hydroxyl groups is 4. The third-order valence-electron chi connectivity index (χ3n) is 13.0. The second kappa shape index (κ2) is 39.9. The molecule has 1 saturated heterocycles. The van der Waals surface area contributed by atoms with Gasteiger partial charge in [0, 0.05) is 13.0 Å². The summed E-state index contributed by atoms with van der Waals surface area (Å²) in [5, 5.41) is 73.4. The second-order valence-corrected chi connectivity index (χ2v) is 20.2. The number of hydrogen-bond acceptors (Lipinski definition) is 19. The maximum atomic E-state index is 14.4. The lowest BCUT2D eigenvalue weighted by Crippen LogP contribution is -2.62. The van der Waals surface area contributed by atoms with Crippen LogP contribution in [0.4, 0.5) is 0 Å². The highest BCUT2D eigenvalue weighted by atomic mass is 35.5. The van der Waals surface area contributed by atoms with E-state index in [9.17, 15) is 78.3 Å². The van der Waals surface area contributed by atoms with Gasteiger partial charge < -0.3 is 101 Å². The van der Waals surface area contributed by atoms with E-state index in [0.717, 1.165) is 38.2 Å². The number of aliphatic hydroxyl groups excluding tert-OH is 4. The van der Waals surface area contributed by atoms with Crippen molar-refractivity contribution in [3.05, 3.63) is 47.7 Å². The normalized spacial score (nSPS) is 23.7. The van der Waals surface area contributed by atoms with Crippen molar-refractivity contribution in [1.82, 2.24) is 47.9 Å². The number of allylic oxidation sites excluding steroid dienone is 1. The quantitative estimate of drug-likeness (QED) is 0.0103. The number of carbonyl (C=O) groups excluding carboxylic acids is 10. The van der Waals surface area contributed by atoms with Crippen LogP contribution in [0.1, 0.15) is 103 Å². The van der Waals surface area contributed by atoms with Crippen LogP contribution >= 0.6 is 11.6 Å². The Morgan fingerprint density at radius 2 is 1.26 bits per heavy atom. The van der Waals surface area contributed by atoms with Crippen LogP contribution in [-0.2, 0) is 63.9 Å². The van der Waals surface area contributed by atoms with Crippen LogP contribution in [0.25, 0.3) is 0 Å². The van der Waals surface area contributed by atoms with Gasteiger partial charge in [0.2, 0.25) is 47.3 Å². The monoisotopic (exact) mass is 1220 g/mol. The molecule has 0 spiro atoms. The smallest absolute Gasteiger partial charge is 0.335 e. The Hall–Kier alpha value is -7.55. The van der Waals surface area contributed by atoms with Crippen LogP contribution in [-0.4, -0.2) is 202 Å². The molecular formula is C53H85ClN14O17. The van der Waals surface area contributed by atoms with Gasteiger partial charge in [-0.2, -0.15) is 0 Å². The van der Waals surface area contributed by atoms with Crippen LogP contribution in [0, 0.1) is 0 Å². The zero-order valence-corrected chi connectivity index (χ0v) is 48.5. The Labute approximate surface area is 496 Å². The molecule has 85 heavy (non-hydrogen) atoms. The maximum absolute atomic E-state index is 14.4. The van der Waals surface area contributed by atoms with Gasteiger partial charge in [-0.1, -0.05) is 88.8 Å². The number of amides is 9. The maximum Gasteiger partial charge on any atom is 0.335 e. The zero-order chi connectivity index (χ0) is 63.6. The van der Waals surface area contributed by atoms with Gasteiger partial charge in [-0.3, -0.25) is 48.1 Å². The molecule has 1 heterocycles. The lowest BCUT2D eigenvalue weighted by Gasteiger charge is -2.28. The first kappa shape index (κ1) is 73.6. The summed E-state index contributed by atoms with van der Waals surface area (Å²) in [5.74, 6) is -15.6. The number of carbonyl (C=O) groups is 11. The number of alkyl halides is 1. The molecule has 1 aliphatic heterocycles. The SMILES string of the molecule is CC/C=C1\NC(=O)[C@H](Cc2ccccc2)NC(=O)[C@H](CCCN=C(N)N)NC(=O)[C@H](CCN)NC(=O)[C@H](CCN)NC(=O)[C@H](CO)NC(=O)[C@@H](NC(=O)CC(O)CCCCCCCC)COC(=O)[C@H]([C@H](O)CCl)NC(=O)[C@@H]([C@H](O)C(=O)O)NC1=O. The predicted octanol–water partition coefficient (Wildman–Crippen LogP) is -5.64. The molecule has 1 unspecified atom stereocenters. The number of halogens is 1. The first-order valence-electron chi connectivity index (χ1n) is 28.0. The van der Waals surface area contributed by atoms with E-state index >= 15 is 0 Å². The molecule has 31 nitrogen and oxygen atoms in total. The summed E-state index contributed by atoms with van der Waals surface area (Å²) in [4.78, 5) is 156. The summed E-state index contributed by atoms with van der Waals surface area (Å²) in [5.41, 5.74) is 22.5. The number of carboxylic acids is 1. The van der Waals surface area contributed by atoms with Gasteiger partial charge in [-0.25, -0.2) is 9.59 Å². The highest BCUT2D eigenvalue weighted by Crippen LogP contribution is 2.13. The molecule has 1 fully saturated rings. The standard InChI is InChI=1S/C53H85ClN14O17/c1-3-5-6-7-8-12-17-30(70)25-39(72)60-37-28-85-52(84)40(38(71)26-54)67-50(81)41(42(73)51(82)83)68-46(77)31(14-4-2)61-47(78)35(24-29-15-10-9-11-16-29)65-43(74)32(18-13-23-59-53(57)58)62-44(75)33(19-21-55)63-45(76)34(20-22-56)64-48(79)36(27-69)66-49(37)80/h9-11,14-16,30,32-38,40-42,69-71,73H,3-8,12-13,17-28,55-56H2,1-2H3,(H,60,72)(H,61,78)(H,62,75)(H,63,76)(H,64,79)(H,65,74)(H,66,80)(H,67,81)(H,68,77)(H,82,83)(H4,57,58,59)/b31-14-/t30?,32-,33-,34-,35-,36-,37-,38+,40-,41+,42-/m0/s1. The molecule has 2 rings (SSSR count). The molecule has 0 bridgehead atoms. The van der Waals surface area contributed by atoms with E-state index in [0.29, 0.717) is 12.0 Å². The molecule has 1 aromatic rings. The number of nitrogens with zero attached hydrogens (tertiary/aromatic N) is 1. The molecule has 0 radical (unpaired) electrons. The number of benzene rings is 1. The Bertz CT molecular complexity index is 2440. The molecule has 22 N–H and O–H groups in total. The predicted molar refractivity (Wildman–Crippen MR) is 306 cm³/mol. The number of hydrogen-bond donors (Lipinski definition) is 18. The number of rotatable bonds is 26. The van der Waals surface area contributed by atoms with Crippen molar-refractivity contribution in [1.29, 1.82) is 0 Å². The van der Waals surface area contributed by atoms with Crippen molar-refractivity contribution < 1.29 is 83.0 Å². The molecule has 11 atom stereocenters. The minimum absolute atomic E-state index is 0.0173. The van der Waals surface area contributed by atoms with Gasteiger partial charge >= 0.3 is 11.9 Å². The third-order valence-corrected chi connectivity index (χ3v) is 13.3. The van der Waals surface area contributed by atoms with Gasteiger partial charge in [0.1, 0.15) is 54.6 Å². The lowest BCUT2D eigenvalue weighted by molar-refractivity contribution is -0.155. The number of cyclic esters (lactones) is 1. The second-order valence-electron chi connectivity index (χ2n) is 19.9. The van der Waals surface area contributed by atoms with Crippen LogP contribution in [0.15, 0.2) is 47.1 Å². The average Bonchev–Trinajstić information content (AvgIpc) is 3.59. The fourth-order valence-corrected chi connectivity index (χ4v) is 8.52. The molecule has 476 valence electrons. The first-order valence-corrected chi connectivity index (χ1v) is 28.5. The number of aliphatic imine (C=N–C) groups is 1. The van der Waals surface area contributed by atoms with Crippen LogP contribution in [0.5, 0.6) is 0 Å². The number of esters is 1. The van der Waals surface area contributed by atoms with E-state index in [2.05, 4.69) is 49.1 Å². The summed E-state index contributed by atoms with van der Waals surface area (Å²) < 4.78 is 5.28. The van der Waals surface area contributed by atoms with Gasteiger partial charge in [0.05, 0.1) is 31.1 Å². The molecule has 9 amide bonds. The molecule has 0 aromatic heterocycles. The van der Waals surface area contributed by atoms with Crippen molar-refractivity contribution >= 4 is 82.7 Å². The van der Waals surface area contributed by atoms with Gasteiger partial charge in [0.25, 0.3) is 5.91 Å². The Morgan fingerprint density at radius 1 is 0.706 bits per heavy atom. The number of aliphatic carboxylic acids is 1. The van der Waals surface area contributed by atoms with Crippen molar-refractivity contribution in [3.63, 3.8) is 0 Å². The fraction of sp³-hybridized carbons (Fsp3) is 0.623. The van der Waals surface area contributed by atoms with E-state index in [1.165, 1.54) is 6.92 Å². The van der Waals surface area contributed by atoms with E-state index in [1.807, 2.05) is 10.6 Å². The van der Waals surface area contributed by atoms with Gasteiger partial charge in [-0.15, -0.1) is 11.6 Å². The Kier molecular flexibility index (Phi) is 34.5. The topological polar surface area (TPSA) is 523 Å². The highest BCUT2D eigenvalue weighted by Gasteiger charge is 2.40. The number of ether oxygens (including phenoxy) is 1.